The summed E-state index contributed by atoms with van der Waals surface area (Å²) < 4.78 is 14.2. The third kappa shape index (κ3) is 6.31. The lowest BCUT2D eigenvalue weighted by Gasteiger charge is -2.34. The predicted molar refractivity (Wildman–Crippen MR) is 148 cm³/mol. The molecule has 196 valence electrons. The molecule has 0 spiro atoms. The van der Waals surface area contributed by atoms with E-state index in [1.54, 1.807) is 0 Å². The third-order valence-electron chi connectivity index (χ3n) is 7.31. The minimum Gasteiger partial charge on any atom is -0.369 e. The van der Waals surface area contributed by atoms with Crippen molar-refractivity contribution in [3.63, 3.8) is 0 Å². The number of benzene rings is 1. The average molecular weight is 512 g/mol. The Labute approximate surface area is 222 Å². The molecule has 1 fully saturated rings. The van der Waals surface area contributed by atoms with E-state index in [9.17, 15) is 0 Å². The van der Waals surface area contributed by atoms with Gasteiger partial charge in [0.25, 0.3) is 0 Å². The molecule has 2 aromatic rings. The molecule has 1 aliphatic carbocycles. The summed E-state index contributed by atoms with van der Waals surface area (Å²) in [6, 6.07) is 8.58. The highest BCUT2D eigenvalue weighted by atomic mass is 35.5. The largest absolute Gasteiger partial charge is 0.369 e. The van der Waals surface area contributed by atoms with Crippen molar-refractivity contribution in [2.45, 2.75) is 78.7 Å². The van der Waals surface area contributed by atoms with Crippen molar-refractivity contribution in [3.05, 3.63) is 64.5 Å². The van der Waals surface area contributed by atoms with E-state index >= 15 is 0 Å². The van der Waals surface area contributed by atoms with E-state index in [2.05, 4.69) is 86.6 Å². The number of aryl methyl sites for hydroxylation is 1. The number of hydrogen-bond acceptors (Lipinski definition) is 4. The number of rotatable bonds is 11. The molecule has 0 N–H and O–H groups in total. The summed E-state index contributed by atoms with van der Waals surface area (Å²) in [6.45, 7) is 15.3. The van der Waals surface area contributed by atoms with Gasteiger partial charge in [0.15, 0.2) is 5.15 Å². The van der Waals surface area contributed by atoms with Gasteiger partial charge in [-0.1, -0.05) is 75.2 Å². The Morgan fingerprint density at radius 3 is 2.61 bits per heavy atom. The first kappa shape index (κ1) is 27.1. The molecule has 36 heavy (non-hydrogen) atoms. The smallest absolute Gasteiger partial charge is 0.152 e. The van der Waals surface area contributed by atoms with Crippen molar-refractivity contribution in [1.29, 1.82) is 0 Å². The van der Waals surface area contributed by atoms with Crippen LogP contribution in [0, 0.1) is 12.8 Å². The van der Waals surface area contributed by atoms with Gasteiger partial charge in [-0.25, -0.2) is 4.98 Å². The molecular formula is C30H42ClN3O2. The molecule has 0 radical (unpaired) electrons. The summed E-state index contributed by atoms with van der Waals surface area (Å²) in [4.78, 5) is 7.48. The Hall–Kier alpha value is -1.92. The molecule has 1 aliphatic heterocycles. The number of nitrogens with zero attached hydrogens (tertiary/aromatic N) is 3. The molecule has 3 atom stereocenters. The van der Waals surface area contributed by atoms with Crippen LogP contribution in [0.5, 0.6) is 0 Å². The van der Waals surface area contributed by atoms with E-state index in [1.165, 1.54) is 11.1 Å². The minimum atomic E-state index is 0.00679. The van der Waals surface area contributed by atoms with Gasteiger partial charge in [0.1, 0.15) is 18.0 Å². The first-order valence-corrected chi connectivity index (χ1v) is 13.9. The normalized spacial score (nSPS) is 20.6. The Balaban J connectivity index is 1.67. The first-order valence-electron chi connectivity index (χ1n) is 13.6. The lowest BCUT2D eigenvalue weighted by atomic mass is 10.00. The van der Waals surface area contributed by atoms with Crippen LogP contribution in [0.3, 0.4) is 0 Å². The number of halogens is 1. The van der Waals surface area contributed by atoms with E-state index < -0.39 is 0 Å². The minimum absolute atomic E-state index is 0.00679. The number of hydrogen-bond donors (Lipinski definition) is 0. The Kier molecular flexibility index (Phi) is 9.46. The maximum absolute atomic E-state index is 6.94. The quantitative estimate of drug-likeness (QED) is 0.325. The van der Waals surface area contributed by atoms with E-state index in [0.29, 0.717) is 24.3 Å². The lowest BCUT2D eigenvalue weighted by molar-refractivity contribution is -0.102. The predicted octanol–water partition coefficient (Wildman–Crippen LogP) is 7.00. The topological polar surface area (TPSA) is 39.5 Å². The molecule has 0 amide bonds. The van der Waals surface area contributed by atoms with Gasteiger partial charge in [0.2, 0.25) is 0 Å². The average Bonchev–Trinajstić information content (AvgIpc) is 3.20. The second-order valence-electron chi connectivity index (χ2n) is 10.5. The fraction of sp³-hybridized carbons (Fsp3) is 0.567. The van der Waals surface area contributed by atoms with Crippen LogP contribution in [0.2, 0.25) is 5.15 Å². The monoisotopic (exact) mass is 511 g/mol. The van der Waals surface area contributed by atoms with Gasteiger partial charge in [0.05, 0.1) is 24.9 Å². The highest BCUT2D eigenvalue weighted by Crippen LogP contribution is 2.35. The first-order chi connectivity index (χ1) is 17.4. The highest BCUT2D eigenvalue weighted by molar-refractivity contribution is 6.30. The van der Waals surface area contributed by atoms with Crippen molar-refractivity contribution in [1.82, 2.24) is 14.5 Å². The van der Waals surface area contributed by atoms with Crippen LogP contribution in [0.25, 0.3) is 11.4 Å². The van der Waals surface area contributed by atoms with Crippen LogP contribution in [0.4, 0.5) is 0 Å². The maximum Gasteiger partial charge on any atom is 0.152 e. The zero-order chi connectivity index (χ0) is 25.7. The number of imidazole rings is 1. The van der Waals surface area contributed by atoms with Crippen molar-refractivity contribution in [2.75, 3.05) is 26.3 Å². The molecule has 5 nitrogen and oxygen atoms in total. The molecule has 6 heteroatoms. The summed E-state index contributed by atoms with van der Waals surface area (Å²) in [5.74, 6) is 1.60. The fourth-order valence-electron chi connectivity index (χ4n) is 5.10. The molecule has 1 saturated heterocycles. The summed E-state index contributed by atoms with van der Waals surface area (Å²) >= 11 is 6.94. The van der Waals surface area contributed by atoms with Gasteiger partial charge < -0.3 is 14.0 Å². The Morgan fingerprint density at radius 2 is 1.89 bits per heavy atom. The molecule has 2 aliphatic rings. The van der Waals surface area contributed by atoms with Crippen molar-refractivity contribution in [3.8, 4) is 11.4 Å². The van der Waals surface area contributed by atoms with Gasteiger partial charge in [-0.15, -0.1) is 0 Å². The van der Waals surface area contributed by atoms with Crippen LogP contribution in [-0.4, -0.2) is 53.0 Å². The van der Waals surface area contributed by atoms with Crippen LogP contribution in [0.15, 0.2) is 48.1 Å². The van der Waals surface area contributed by atoms with Crippen molar-refractivity contribution < 1.29 is 9.47 Å². The standard InChI is InChI=1S/C30H42ClN3O2/c1-6-7-15-34-28(29(31)32-30(34)25-11-9-8-10-22(25)4)23(5)33(16-14-21(2)3)20-24-12-13-26-27(19-24)36-18-17-35-26/h8-13,19,21,23,26-27H,6-7,14-18,20H2,1-5H3. The van der Waals surface area contributed by atoms with Crippen LogP contribution < -0.4 is 0 Å². The van der Waals surface area contributed by atoms with Gasteiger partial charge >= 0.3 is 0 Å². The molecule has 0 bridgehead atoms. The van der Waals surface area contributed by atoms with E-state index in [0.717, 1.165) is 56.0 Å². The Bertz CT molecular complexity index is 1070. The summed E-state index contributed by atoms with van der Waals surface area (Å²) in [6.07, 6.45) is 9.98. The van der Waals surface area contributed by atoms with Gasteiger partial charge in [-0.3, -0.25) is 4.90 Å². The molecule has 0 saturated carbocycles. The zero-order valence-corrected chi connectivity index (χ0v) is 23.3. The van der Waals surface area contributed by atoms with Gasteiger partial charge in [0, 0.05) is 18.7 Å². The molecule has 4 rings (SSSR count). The van der Waals surface area contributed by atoms with E-state index in [-0.39, 0.29) is 18.2 Å². The van der Waals surface area contributed by atoms with Gasteiger partial charge in [-0.05, 0) is 56.4 Å². The van der Waals surface area contributed by atoms with Crippen LogP contribution >= 0.6 is 11.6 Å². The molecule has 3 unspecified atom stereocenters. The van der Waals surface area contributed by atoms with Crippen molar-refractivity contribution >= 4 is 11.6 Å². The van der Waals surface area contributed by atoms with E-state index in [1.807, 2.05) is 0 Å². The molecule has 1 aromatic heterocycles. The zero-order valence-electron chi connectivity index (χ0n) is 22.5. The molecule has 1 aromatic carbocycles. The fourth-order valence-corrected chi connectivity index (χ4v) is 5.44. The molecular weight excluding hydrogens is 470 g/mol. The van der Waals surface area contributed by atoms with Gasteiger partial charge in [-0.2, -0.15) is 0 Å². The van der Waals surface area contributed by atoms with Crippen molar-refractivity contribution in [2.24, 2.45) is 5.92 Å². The summed E-state index contributed by atoms with van der Waals surface area (Å²) in [7, 11) is 0. The van der Waals surface area contributed by atoms with Crippen LogP contribution in [-0.2, 0) is 16.0 Å². The molecule has 2 heterocycles. The summed E-state index contributed by atoms with van der Waals surface area (Å²) in [5, 5.41) is 0.614. The lowest BCUT2D eigenvalue weighted by Crippen LogP contribution is -2.39. The highest BCUT2D eigenvalue weighted by Gasteiger charge is 2.29. The van der Waals surface area contributed by atoms with E-state index in [4.69, 9.17) is 26.1 Å². The number of fused-ring (bicyclic) bond motifs is 1. The third-order valence-corrected chi connectivity index (χ3v) is 7.59. The second kappa shape index (κ2) is 12.6. The maximum atomic E-state index is 6.94. The number of ether oxygens (including phenoxy) is 2. The number of aromatic nitrogens is 2. The SMILES string of the molecule is CCCCn1c(-c2ccccc2C)nc(Cl)c1C(C)N(CCC(C)C)CC1=CC2OCCOC2C=C1. The summed E-state index contributed by atoms with van der Waals surface area (Å²) in [5.41, 5.74) is 4.76. The van der Waals surface area contributed by atoms with Crippen LogP contribution in [0.1, 0.15) is 64.3 Å². The second-order valence-corrected chi connectivity index (χ2v) is 10.9. The number of unbranched alkanes of at least 4 members (excludes halogenated alkanes) is 1. The Morgan fingerprint density at radius 1 is 1.14 bits per heavy atom.